The van der Waals surface area contributed by atoms with Gasteiger partial charge in [-0.25, -0.2) is 0 Å². The zero-order chi connectivity index (χ0) is 31.3. The van der Waals surface area contributed by atoms with Crippen LogP contribution in [0, 0.1) is 23.7 Å². The standard InChI is InChI=1S/C39H66OS2/c1-13-37(9,10)33-25-31-35(41-33)36-32(26-34(42-36)38(11,12)14-2)40-39(31,23-21-29(7)19-15-17-27(3)4)24-22-30(8)20-16-18-28(5)6/h25-30H,13-24H2,1-12H3. The van der Waals surface area contributed by atoms with Gasteiger partial charge in [0, 0.05) is 15.3 Å². The monoisotopic (exact) mass is 614 g/mol. The third kappa shape index (κ3) is 8.89. The molecule has 0 spiro atoms. The molecule has 240 valence electrons. The Morgan fingerprint density at radius 2 is 1.10 bits per heavy atom. The quantitative estimate of drug-likeness (QED) is 0.162. The first-order valence-electron chi connectivity index (χ1n) is 17.6. The van der Waals surface area contributed by atoms with Crippen LogP contribution >= 0.6 is 22.7 Å². The van der Waals surface area contributed by atoms with Crippen molar-refractivity contribution in [2.75, 3.05) is 0 Å². The van der Waals surface area contributed by atoms with Crippen molar-refractivity contribution < 1.29 is 4.74 Å². The predicted molar refractivity (Wildman–Crippen MR) is 191 cm³/mol. The average Bonchev–Trinajstić information content (AvgIpc) is 3.56. The Hall–Kier alpha value is -0.800. The summed E-state index contributed by atoms with van der Waals surface area (Å²) in [5, 5.41) is 0. The molecule has 2 atom stereocenters. The SMILES string of the molecule is CCC(C)(C)c1cc2c(s1)-c1sc(C(C)(C)CC)cc1C(CCC(C)CCCC(C)C)(CCC(C)CCCC(C)C)O2. The summed E-state index contributed by atoms with van der Waals surface area (Å²) in [6.45, 7) is 28.7. The van der Waals surface area contributed by atoms with Crippen LogP contribution in [0.15, 0.2) is 12.1 Å². The van der Waals surface area contributed by atoms with Crippen molar-refractivity contribution in [1.29, 1.82) is 0 Å². The normalized spacial score (nSPS) is 18.7. The molecule has 2 aromatic heterocycles. The summed E-state index contributed by atoms with van der Waals surface area (Å²) in [4.78, 5) is 5.94. The number of ether oxygens (including phenoxy) is 1. The first-order valence-corrected chi connectivity index (χ1v) is 19.3. The van der Waals surface area contributed by atoms with E-state index in [1.165, 1.54) is 82.2 Å². The number of thiophene rings is 2. The van der Waals surface area contributed by atoms with Crippen LogP contribution in [0.1, 0.15) is 175 Å². The molecule has 0 N–H and O–H groups in total. The van der Waals surface area contributed by atoms with Gasteiger partial charge in [0.2, 0.25) is 0 Å². The van der Waals surface area contributed by atoms with Gasteiger partial charge in [-0.2, -0.15) is 0 Å². The molecule has 0 aromatic carbocycles. The molecule has 0 saturated carbocycles. The molecule has 2 aromatic rings. The molecule has 3 heteroatoms. The van der Waals surface area contributed by atoms with E-state index >= 15 is 0 Å². The third-order valence-corrected chi connectivity index (χ3v) is 13.7. The zero-order valence-electron chi connectivity index (χ0n) is 29.7. The predicted octanol–water partition coefficient (Wildman–Crippen LogP) is 13.9. The minimum atomic E-state index is -0.214. The van der Waals surface area contributed by atoms with Crippen molar-refractivity contribution in [3.05, 3.63) is 27.5 Å². The Morgan fingerprint density at radius 1 is 0.643 bits per heavy atom. The molecule has 1 aliphatic heterocycles. The maximum atomic E-state index is 7.43. The Bertz CT molecular complexity index is 1070. The molecular weight excluding hydrogens is 549 g/mol. The number of fused-ring (bicyclic) bond motifs is 3. The van der Waals surface area contributed by atoms with E-state index in [0.717, 1.165) is 49.4 Å². The van der Waals surface area contributed by atoms with Crippen molar-refractivity contribution in [2.45, 2.75) is 177 Å². The number of rotatable bonds is 18. The summed E-state index contributed by atoms with van der Waals surface area (Å²) in [5.41, 5.74) is 1.66. The minimum absolute atomic E-state index is 0.173. The number of hydrogen-bond acceptors (Lipinski definition) is 3. The fourth-order valence-electron chi connectivity index (χ4n) is 6.28. The van der Waals surface area contributed by atoms with Crippen LogP contribution in [0.4, 0.5) is 0 Å². The van der Waals surface area contributed by atoms with Crippen LogP contribution in [-0.2, 0) is 16.4 Å². The molecule has 3 heterocycles. The smallest absolute Gasteiger partial charge is 0.140 e. The van der Waals surface area contributed by atoms with E-state index in [9.17, 15) is 0 Å². The molecule has 0 saturated heterocycles. The highest BCUT2D eigenvalue weighted by Crippen LogP contribution is 2.58. The largest absolute Gasteiger partial charge is 0.481 e. The second-order valence-corrected chi connectivity index (χ2v) is 18.3. The Kier molecular flexibility index (Phi) is 12.7. The van der Waals surface area contributed by atoms with Gasteiger partial charge in [0.1, 0.15) is 11.4 Å². The van der Waals surface area contributed by atoms with Crippen molar-refractivity contribution in [2.24, 2.45) is 23.7 Å². The van der Waals surface area contributed by atoms with Crippen LogP contribution in [0.5, 0.6) is 5.75 Å². The lowest BCUT2D eigenvalue weighted by Crippen LogP contribution is -2.36. The van der Waals surface area contributed by atoms with Crippen molar-refractivity contribution in [1.82, 2.24) is 0 Å². The van der Waals surface area contributed by atoms with E-state index in [1.807, 2.05) is 11.3 Å². The highest BCUT2D eigenvalue weighted by Gasteiger charge is 2.44. The van der Waals surface area contributed by atoms with Crippen LogP contribution in [0.25, 0.3) is 9.75 Å². The van der Waals surface area contributed by atoms with Gasteiger partial charge < -0.3 is 4.74 Å². The Morgan fingerprint density at radius 3 is 1.55 bits per heavy atom. The topological polar surface area (TPSA) is 9.23 Å². The van der Waals surface area contributed by atoms with E-state index in [4.69, 9.17) is 4.74 Å². The second kappa shape index (κ2) is 15.0. The van der Waals surface area contributed by atoms with E-state index in [0.29, 0.717) is 0 Å². The number of hydrogen-bond donors (Lipinski definition) is 0. The van der Waals surface area contributed by atoms with Crippen LogP contribution in [0.3, 0.4) is 0 Å². The van der Waals surface area contributed by atoms with E-state index < -0.39 is 0 Å². The van der Waals surface area contributed by atoms with Gasteiger partial charge in [0.25, 0.3) is 0 Å². The van der Waals surface area contributed by atoms with Crippen LogP contribution in [0.2, 0.25) is 0 Å². The van der Waals surface area contributed by atoms with Crippen molar-refractivity contribution in [3.63, 3.8) is 0 Å². The molecule has 2 unspecified atom stereocenters. The summed E-state index contributed by atoms with van der Waals surface area (Å²) < 4.78 is 7.43. The fourth-order valence-corrected chi connectivity index (χ4v) is 9.11. The summed E-state index contributed by atoms with van der Waals surface area (Å²) in [5.74, 6) is 4.25. The van der Waals surface area contributed by atoms with Crippen molar-refractivity contribution in [3.8, 4) is 15.5 Å². The Labute approximate surface area is 269 Å². The van der Waals surface area contributed by atoms with Crippen LogP contribution in [-0.4, -0.2) is 0 Å². The highest BCUT2D eigenvalue weighted by atomic mass is 32.1. The molecule has 0 bridgehead atoms. The first-order chi connectivity index (χ1) is 19.6. The van der Waals surface area contributed by atoms with Gasteiger partial charge in [-0.15, -0.1) is 22.7 Å². The molecule has 0 fully saturated rings. The van der Waals surface area contributed by atoms with Gasteiger partial charge in [0.05, 0.1) is 9.75 Å². The summed E-state index contributed by atoms with van der Waals surface area (Å²) in [6, 6.07) is 5.04. The van der Waals surface area contributed by atoms with Gasteiger partial charge >= 0.3 is 0 Å². The second-order valence-electron chi connectivity index (χ2n) is 16.2. The minimum Gasteiger partial charge on any atom is -0.481 e. The fraction of sp³-hybridized carbons (Fsp3) is 0.795. The molecule has 0 aliphatic carbocycles. The lowest BCUT2D eigenvalue weighted by atomic mass is 9.77. The lowest BCUT2D eigenvalue weighted by Gasteiger charge is -2.39. The molecule has 1 nitrogen and oxygen atoms in total. The molecule has 3 rings (SSSR count). The van der Waals surface area contributed by atoms with E-state index in [1.54, 1.807) is 0 Å². The van der Waals surface area contributed by atoms with Crippen molar-refractivity contribution >= 4 is 22.7 Å². The highest BCUT2D eigenvalue weighted by molar-refractivity contribution is 7.22. The molecule has 42 heavy (non-hydrogen) atoms. The molecule has 0 amide bonds. The van der Waals surface area contributed by atoms with Crippen LogP contribution < -0.4 is 4.74 Å². The third-order valence-electron chi connectivity index (χ3n) is 10.6. The van der Waals surface area contributed by atoms with Gasteiger partial charge in [-0.3, -0.25) is 0 Å². The zero-order valence-corrected chi connectivity index (χ0v) is 31.3. The summed E-state index contributed by atoms with van der Waals surface area (Å²) in [7, 11) is 0. The van der Waals surface area contributed by atoms with E-state index in [2.05, 4.69) is 107 Å². The van der Waals surface area contributed by atoms with Gasteiger partial charge in [0.15, 0.2) is 0 Å². The first kappa shape index (κ1) is 35.7. The molecule has 1 aliphatic rings. The van der Waals surface area contributed by atoms with Gasteiger partial charge in [-0.05, 0) is 85.2 Å². The van der Waals surface area contributed by atoms with Gasteiger partial charge in [-0.1, -0.05) is 122 Å². The summed E-state index contributed by atoms with van der Waals surface area (Å²) >= 11 is 4.08. The summed E-state index contributed by atoms with van der Waals surface area (Å²) in [6.07, 6.45) is 15.1. The average molecular weight is 615 g/mol. The lowest BCUT2D eigenvalue weighted by molar-refractivity contribution is 0.0322. The Balaban J connectivity index is 2.02. The maximum absolute atomic E-state index is 7.43. The molecular formula is C39H66OS2. The van der Waals surface area contributed by atoms with E-state index in [-0.39, 0.29) is 16.4 Å². The maximum Gasteiger partial charge on any atom is 0.140 e. The molecule has 0 radical (unpaired) electrons.